The Labute approximate surface area is 174 Å². The average molecular weight is 394 g/mol. The third kappa shape index (κ3) is 3.70. The molecule has 0 unspecified atom stereocenters. The van der Waals surface area contributed by atoms with Gasteiger partial charge in [0.1, 0.15) is 5.82 Å². The van der Waals surface area contributed by atoms with Gasteiger partial charge in [0.05, 0.1) is 23.5 Å². The SMILES string of the molecule is O=C(Cc1c[nH]c2ccccc12)N[C@@H](Cc1ccccc1)c1nc2ccccc2[nH]1. The standard InChI is InChI=1S/C25H22N4O/c30-24(15-18-16-26-20-11-5-4-10-19(18)20)27-23(14-17-8-2-1-3-9-17)25-28-21-12-6-7-13-22(21)29-25/h1-13,16,23,26H,14-15H2,(H,27,30)(H,28,29)/t23-/m0/s1. The van der Waals surface area contributed by atoms with Crippen molar-refractivity contribution >= 4 is 27.8 Å². The van der Waals surface area contributed by atoms with Crippen molar-refractivity contribution < 1.29 is 4.79 Å². The van der Waals surface area contributed by atoms with Crippen molar-refractivity contribution in [3.63, 3.8) is 0 Å². The number of nitrogens with zero attached hydrogens (tertiary/aromatic N) is 1. The number of H-pyrrole nitrogens is 2. The van der Waals surface area contributed by atoms with Crippen LogP contribution in [-0.2, 0) is 17.6 Å². The smallest absolute Gasteiger partial charge is 0.225 e. The summed E-state index contributed by atoms with van der Waals surface area (Å²) < 4.78 is 0. The van der Waals surface area contributed by atoms with Gasteiger partial charge in [0.2, 0.25) is 5.91 Å². The average Bonchev–Trinajstić information content (AvgIpc) is 3.38. The summed E-state index contributed by atoms with van der Waals surface area (Å²) in [6, 6.07) is 25.9. The van der Waals surface area contributed by atoms with Gasteiger partial charge in [-0.05, 0) is 35.7 Å². The summed E-state index contributed by atoms with van der Waals surface area (Å²) in [6.45, 7) is 0. The monoisotopic (exact) mass is 394 g/mol. The first-order chi connectivity index (χ1) is 14.8. The number of carbonyl (C=O) groups is 1. The molecule has 0 bridgehead atoms. The highest BCUT2D eigenvalue weighted by Gasteiger charge is 2.20. The Hall–Kier alpha value is -3.86. The second-order valence-electron chi connectivity index (χ2n) is 7.49. The maximum Gasteiger partial charge on any atom is 0.225 e. The predicted molar refractivity (Wildman–Crippen MR) is 119 cm³/mol. The van der Waals surface area contributed by atoms with E-state index < -0.39 is 0 Å². The van der Waals surface area contributed by atoms with Gasteiger partial charge in [-0.3, -0.25) is 4.79 Å². The van der Waals surface area contributed by atoms with Gasteiger partial charge in [-0.25, -0.2) is 4.98 Å². The van der Waals surface area contributed by atoms with Crippen molar-refractivity contribution in [1.29, 1.82) is 0 Å². The minimum Gasteiger partial charge on any atom is -0.361 e. The van der Waals surface area contributed by atoms with Crippen molar-refractivity contribution in [2.24, 2.45) is 0 Å². The van der Waals surface area contributed by atoms with Crippen molar-refractivity contribution in [1.82, 2.24) is 20.3 Å². The van der Waals surface area contributed by atoms with Gasteiger partial charge in [0.15, 0.2) is 0 Å². The molecule has 0 radical (unpaired) electrons. The van der Waals surface area contributed by atoms with E-state index in [-0.39, 0.29) is 11.9 Å². The number of benzene rings is 3. The van der Waals surface area contributed by atoms with Gasteiger partial charge in [0.25, 0.3) is 0 Å². The number of imidazole rings is 1. The lowest BCUT2D eigenvalue weighted by Crippen LogP contribution is -2.31. The molecule has 0 saturated heterocycles. The van der Waals surface area contributed by atoms with E-state index in [1.807, 2.05) is 72.9 Å². The third-order valence-electron chi connectivity index (χ3n) is 5.38. The van der Waals surface area contributed by atoms with Crippen molar-refractivity contribution in [2.75, 3.05) is 0 Å². The van der Waals surface area contributed by atoms with Gasteiger partial charge in [-0.2, -0.15) is 0 Å². The van der Waals surface area contributed by atoms with Crippen LogP contribution in [0.15, 0.2) is 85.1 Å². The topological polar surface area (TPSA) is 73.6 Å². The second-order valence-corrected chi connectivity index (χ2v) is 7.49. The highest BCUT2D eigenvalue weighted by atomic mass is 16.1. The number of amides is 1. The zero-order valence-corrected chi connectivity index (χ0v) is 16.4. The van der Waals surface area contributed by atoms with Crippen LogP contribution in [0.1, 0.15) is 23.0 Å². The minimum absolute atomic E-state index is 0.0267. The first-order valence-corrected chi connectivity index (χ1v) is 10.1. The molecule has 5 aromatic rings. The van der Waals surface area contributed by atoms with E-state index in [1.54, 1.807) is 0 Å². The Balaban J connectivity index is 1.41. The first kappa shape index (κ1) is 18.2. The van der Waals surface area contributed by atoms with Crippen LogP contribution in [0.3, 0.4) is 0 Å². The molecule has 1 amide bonds. The van der Waals surface area contributed by atoms with Crippen LogP contribution < -0.4 is 5.32 Å². The fourth-order valence-electron chi connectivity index (χ4n) is 3.90. The zero-order valence-electron chi connectivity index (χ0n) is 16.4. The summed E-state index contributed by atoms with van der Waals surface area (Å²) in [6.07, 6.45) is 2.90. The number of aromatic nitrogens is 3. The van der Waals surface area contributed by atoms with E-state index in [0.29, 0.717) is 12.8 Å². The van der Waals surface area contributed by atoms with E-state index in [9.17, 15) is 4.79 Å². The number of nitrogens with one attached hydrogen (secondary N) is 3. The zero-order chi connectivity index (χ0) is 20.3. The Morgan fingerprint density at radius 2 is 1.63 bits per heavy atom. The Morgan fingerprint density at radius 1 is 0.900 bits per heavy atom. The molecular formula is C25H22N4O. The van der Waals surface area contributed by atoms with Crippen LogP contribution in [0.25, 0.3) is 21.9 Å². The number of aromatic amines is 2. The third-order valence-corrected chi connectivity index (χ3v) is 5.38. The van der Waals surface area contributed by atoms with Gasteiger partial charge in [-0.1, -0.05) is 60.7 Å². The van der Waals surface area contributed by atoms with Crippen LogP contribution in [0, 0.1) is 0 Å². The molecule has 0 aliphatic carbocycles. The number of hydrogen-bond donors (Lipinski definition) is 3. The van der Waals surface area contributed by atoms with Crippen LogP contribution in [0.4, 0.5) is 0 Å². The van der Waals surface area contributed by atoms with E-state index in [2.05, 4.69) is 27.4 Å². The molecule has 148 valence electrons. The molecule has 2 heterocycles. The van der Waals surface area contributed by atoms with E-state index in [4.69, 9.17) is 4.98 Å². The fourth-order valence-corrected chi connectivity index (χ4v) is 3.90. The Morgan fingerprint density at radius 3 is 2.47 bits per heavy atom. The lowest BCUT2D eigenvalue weighted by Gasteiger charge is -2.17. The molecule has 3 N–H and O–H groups in total. The van der Waals surface area contributed by atoms with Crippen molar-refractivity contribution in [3.8, 4) is 0 Å². The maximum atomic E-state index is 13.0. The molecule has 0 aliphatic rings. The molecule has 5 rings (SSSR count). The van der Waals surface area contributed by atoms with Crippen molar-refractivity contribution in [2.45, 2.75) is 18.9 Å². The summed E-state index contributed by atoms with van der Waals surface area (Å²) in [4.78, 5) is 24.3. The molecule has 30 heavy (non-hydrogen) atoms. The van der Waals surface area contributed by atoms with Gasteiger partial charge in [-0.15, -0.1) is 0 Å². The Kier molecular flexibility index (Phi) is 4.77. The molecule has 0 saturated carbocycles. The lowest BCUT2D eigenvalue weighted by atomic mass is 10.0. The quantitative estimate of drug-likeness (QED) is 0.391. The van der Waals surface area contributed by atoms with Crippen molar-refractivity contribution in [3.05, 3.63) is 102 Å². The number of fused-ring (bicyclic) bond motifs is 2. The van der Waals surface area contributed by atoms with Crippen LogP contribution in [-0.4, -0.2) is 20.9 Å². The number of carbonyl (C=O) groups excluding carboxylic acids is 1. The molecule has 5 nitrogen and oxygen atoms in total. The number of hydrogen-bond acceptors (Lipinski definition) is 2. The number of rotatable bonds is 6. The van der Waals surface area contributed by atoms with Crippen LogP contribution >= 0.6 is 0 Å². The molecule has 3 aromatic carbocycles. The molecule has 0 spiro atoms. The summed E-state index contributed by atoms with van der Waals surface area (Å²) in [5, 5.41) is 4.28. The predicted octanol–water partition coefficient (Wildman–Crippen LogP) is 4.69. The summed E-state index contributed by atoms with van der Waals surface area (Å²) >= 11 is 0. The summed E-state index contributed by atoms with van der Waals surface area (Å²) in [5.74, 6) is 0.744. The molecule has 0 aliphatic heterocycles. The summed E-state index contributed by atoms with van der Waals surface area (Å²) in [5.41, 5.74) is 5.05. The highest BCUT2D eigenvalue weighted by molar-refractivity contribution is 5.89. The number of para-hydroxylation sites is 3. The van der Waals surface area contributed by atoms with Gasteiger partial charge >= 0.3 is 0 Å². The second kappa shape index (κ2) is 7.87. The summed E-state index contributed by atoms with van der Waals surface area (Å²) in [7, 11) is 0. The van der Waals surface area contributed by atoms with Crippen LogP contribution in [0.2, 0.25) is 0 Å². The van der Waals surface area contributed by atoms with Crippen LogP contribution in [0.5, 0.6) is 0 Å². The molecule has 5 heteroatoms. The first-order valence-electron chi connectivity index (χ1n) is 10.1. The normalized spacial score (nSPS) is 12.3. The maximum absolute atomic E-state index is 13.0. The lowest BCUT2D eigenvalue weighted by molar-refractivity contribution is -0.121. The van der Waals surface area contributed by atoms with Gasteiger partial charge < -0.3 is 15.3 Å². The largest absolute Gasteiger partial charge is 0.361 e. The molecular weight excluding hydrogens is 372 g/mol. The molecule has 0 fully saturated rings. The highest BCUT2D eigenvalue weighted by Crippen LogP contribution is 2.22. The fraction of sp³-hybridized carbons (Fsp3) is 0.120. The Bertz CT molecular complexity index is 1270. The molecule has 1 atom stereocenters. The van der Waals surface area contributed by atoms with E-state index in [1.165, 1.54) is 0 Å². The van der Waals surface area contributed by atoms with Gasteiger partial charge in [0, 0.05) is 17.1 Å². The molecule has 2 aromatic heterocycles. The van der Waals surface area contributed by atoms with E-state index >= 15 is 0 Å². The van der Waals surface area contributed by atoms with E-state index in [0.717, 1.165) is 38.9 Å². The minimum atomic E-state index is -0.238.